The summed E-state index contributed by atoms with van der Waals surface area (Å²) in [7, 11) is 0. The summed E-state index contributed by atoms with van der Waals surface area (Å²) in [6.07, 6.45) is 4.47. The van der Waals surface area contributed by atoms with Crippen LogP contribution in [0.4, 0.5) is 0 Å². The van der Waals surface area contributed by atoms with Gasteiger partial charge in [-0.3, -0.25) is 4.79 Å². The van der Waals surface area contributed by atoms with E-state index in [4.69, 9.17) is 16.0 Å². The van der Waals surface area contributed by atoms with Crippen LogP contribution >= 0.6 is 0 Å². The number of nitrogens with two attached hydrogens (primary N) is 1. The van der Waals surface area contributed by atoms with Gasteiger partial charge >= 0.3 is 0 Å². The van der Waals surface area contributed by atoms with Crippen molar-refractivity contribution in [2.45, 2.75) is 58.4 Å². The van der Waals surface area contributed by atoms with Crippen molar-refractivity contribution in [1.82, 2.24) is 4.90 Å². The van der Waals surface area contributed by atoms with E-state index in [1.165, 1.54) is 0 Å². The first-order valence-corrected chi connectivity index (χ1v) is 7.47. The van der Waals surface area contributed by atoms with Crippen molar-refractivity contribution in [3.63, 3.8) is 0 Å². The van der Waals surface area contributed by atoms with Gasteiger partial charge in [0.2, 0.25) is 5.91 Å². The smallest absolute Gasteiger partial charge is 0.236 e. The second kappa shape index (κ2) is 7.47. The molecule has 1 atom stereocenters. The lowest BCUT2D eigenvalue weighted by molar-refractivity contribution is -0.139. The van der Waals surface area contributed by atoms with E-state index in [1.807, 2.05) is 18.7 Å². The van der Waals surface area contributed by atoms with E-state index in [9.17, 15) is 4.79 Å². The van der Waals surface area contributed by atoms with Gasteiger partial charge in [-0.15, -0.1) is 0 Å². The molecule has 20 heavy (non-hydrogen) atoms. The highest BCUT2D eigenvalue weighted by Crippen LogP contribution is 2.33. The number of carbonyl (C=O) groups is 1. The van der Waals surface area contributed by atoms with E-state index < -0.39 is 5.41 Å². The molecule has 4 N–H and O–H groups in total. The molecule has 0 aromatic rings. The number of nitrogens with zero attached hydrogens (tertiary/aromatic N) is 2. The van der Waals surface area contributed by atoms with Gasteiger partial charge in [-0.2, -0.15) is 0 Å². The van der Waals surface area contributed by atoms with E-state index in [-0.39, 0.29) is 24.4 Å². The van der Waals surface area contributed by atoms with Gasteiger partial charge in [0.15, 0.2) is 5.84 Å². The summed E-state index contributed by atoms with van der Waals surface area (Å²) in [5, 5.41) is 21.0. The molecule has 1 aliphatic rings. The summed E-state index contributed by atoms with van der Waals surface area (Å²) in [6, 6.07) is 0.165. The number of carbonyl (C=O) groups excluding carboxylic acids is 1. The predicted octanol–water partition coefficient (Wildman–Crippen LogP) is 1.30. The summed E-state index contributed by atoms with van der Waals surface area (Å²) in [5.41, 5.74) is 4.89. The summed E-state index contributed by atoms with van der Waals surface area (Å²) >= 11 is 0. The number of aliphatic hydroxyl groups excluding tert-OH is 1. The monoisotopic (exact) mass is 285 g/mol. The molecule has 1 unspecified atom stereocenters. The summed E-state index contributed by atoms with van der Waals surface area (Å²) in [4.78, 5) is 14.8. The van der Waals surface area contributed by atoms with Crippen LogP contribution in [0.1, 0.15) is 52.4 Å². The van der Waals surface area contributed by atoms with Crippen LogP contribution in [0.5, 0.6) is 0 Å². The molecule has 1 rings (SSSR count). The second-order valence-corrected chi connectivity index (χ2v) is 5.43. The third-order valence-electron chi connectivity index (χ3n) is 4.55. The van der Waals surface area contributed by atoms with Gasteiger partial charge in [0, 0.05) is 19.2 Å². The first-order chi connectivity index (χ1) is 9.57. The maximum Gasteiger partial charge on any atom is 0.236 e. The Bertz CT molecular complexity index is 354. The fourth-order valence-electron chi connectivity index (χ4n) is 3.12. The SMILES string of the molecule is CCC(CC)(C(=O)N1CCCC1CCCO)C(N)=NO. The number of amides is 1. The normalized spacial score (nSPS) is 20.4. The van der Waals surface area contributed by atoms with E-state index in [0.29, 0.717) is 19.3 Å². The Hall–Kier alpha value is -1.30. The summed E-state index contributed by atoms with van der Waals surface area (Å²) in [5.74, 6) is -0.0430. The third-order valence-corrected chi connectivity index (χ3v) is 4.55. The van der Waals surface area contributed by atoms with Crippen molar-refractivity contribution in [2.75, 3.05) is 13.2 Å². The number of aliphatic hydroxyl groups is 1. The molecule has 1 saturated heterocycles. The van der Waals surface area contributed by atoms with Gasteiger partial charge in [-0.05, 0) is 38.5 Å². The zero-order valence-corrected chi connectivity index (χ0v) is 12.5. The third kappa shape index (κ3) is 3.06. The van der Waals surface area contributed by atoms with Gasteiger partial charge in [-0.1, -0.05) is 19.0 Å². The van der Waals surface area contributed by atoms with E-state index in [0.717, 1.165) is 25.8 Å². The lowest BCUT2D eigenvalue weighted by atomic mass is 9.79. The fourth-order valence-corrected chi connectivity index (χ4v) is 3.12. The molecular weight excluding hydrogens is 258 g/mol. The Morgan fingerprint density at radius 2 is 2.10 bits per heavy atom. The molecule has 0 radical (unpaired) electrons. The van der Waals surface area contributed by atoms with Crippen LogP contribution in [-0.2, 0) is 4.79 Å². The lowest BCUT2D eigenvalue weighted by Crippen LogP contribution is -2.52. The first kappa shape index (κ1) is 16.8. The molecule has 6 nitrogen and oxygen atoms in total. The Morgan fingerprint density at radius 1 is 1.45 bits per heavy atom. The lowest BCUT2D eigenvalue weighted by Gasteiger charge is -2.36. The highest BCUT2D eigenvalue weighted by atomic mass is 16.4. The first-order valence-electron chi connectivity index (χ1n) is 7.47. The van der Waals surface area contributed by atoms with E-state index in [2.05, 4.69) is 5.16 Å². The minimum atomic E-state index is -0.906. The number of oxime groups is 1. The molecule has 0 bridgehead atoms. The van der Waals surface area contributed by atoms with E-state index in [1.54, 1.807) is 0 Å². The maximum atomic E-state index is 12.9. The Balaban J connectivity index is 2.94. The Morgan fingerprint density at radius 3 is 2.60 bits per heavy atom. The van der Waals surface area contributed by atoms with Crippen molar-refractivity contribution >= 4 is 11.7 Å². The number of hydrogen-bond acceptors (Lipinski definition) is 4. The van der Waals surface area contributed by atoms with Crippen molar-refractivity contribution in [1.29, 1.82) is 0 Å². The molecule has 1 fully saturated rings. The molecule has 1 aliphatic heterocycles. The minimum absolute atomic E-state index is 0.000285. The van der Waals surface area contributed by atoms with Gasteiger partial charge in [0.1, 0.15) is 5.41 Å². The topological polar surface area (TPSA) is 99.2 Å². The molecule has 0 aliphatic carbocycles. The highest BCUT2D eigenvalue weighted by molar-refractivity contribution is 6.06. The van der Waals surface area contributed by atoms with Gasteiger partial charge < -0.3 is 20.9 Å². The average Bonchev–Trinajstić information content (AvgIpc) is 2.94. The molecule has 116 valence electrons. The molecule has 0 aromatic heterocycles. The van der Waals surface area contributed by atoms with Crippen LogP contribution in [0.25, 0.3) is 0 Å². The van der Waals surface area contributed by atoms with Crippen molar-refractivity contribution in [3.05, 3.63) is 0 Å². The van der Waals surface area contributed by atoms with E-state index >= 15 is 0 Å². The Labute approximate surface area is 120 Å². The van der Waals surface area contributed by atoms with Crippen molar-refractivity contribution in [3.8, 4) is 0 Å². The number of hydrogen-bond donors (Lipinski definition) is 3. The van der Waals surface area contributed by atoms with Crippen LogP contribution in [0, 0.1) is 5.41 Å². The molecular formula is C14H27N3O3. The largest absolute Gasteiger partial charge is 0.409 e. The van der Waals surface area contributed by atoms with Crippen molar-refractivity contribution < 1.29 is 15.1 Å². The van der Waals surface area contributed by atoms with Crippen molar-refractivity contribution in [2.24, 2.45) is 16.3 Å². The van der Waals surface area contributed by atoms with Crippen LogP contribution in [0.2, 0.25) is 0 Å². The van der Waals surface area contributed by atoms with Crippen LogP contribution in [0.15, 0.2) is 5.16 Å². The number of likely N-dealkylation sites (tertiary alicyclic amines) is 1. The standard InChI is InChI=1S/C14H27N3O3/c1-3-14(4-2,12(15)16-20)13(19)17-9-5-7-11(17)8-6-10-18/h11,18,20H,3-10H2,1-2H3,(H2,15,16). The quantitative estimate of drug-likeness (QED) is 0.284. The van der Waals surface area contributed by atoms with Gasteiger partial charge in [0.25, 0.3) is 0 Å². The number of rotatable bonds is 7. The molecule has 6 heteroatoms. The summed E-state index contributed by atoms with van der Waals surface area (Å²) < 4.78 is 0. The summed E-state index contributed by atoms with van der Waals surface area (Å²) in [6.45, 7) is 4.64. The van der Waals surface area contributed by atoms with Crippen LogP contribution in [0.3, 0.4) is 0 Å². The van der Waals surface area contributed by atoms with Gasteiger partial charge in [0.05, 0.1) is 0 Å². The van der Waals surface area contributed by atoms with Crippen LogP contribution in [-0.4, -0.2) is 46.1 Å². The number of amidine groups is 1. The highest BCUT2D eigenvalue weighted by Gasteiger charge is 2.45. The maximum absolute atomic E-state index is 12.9. The molecule has 1 heterocycles. The van der Waals surface area contributed by atoms with Gasteiger partial charge in [-0.25, -0.2) is 0 Å². The molecule has 0 saturated carbocycles. The minimum Gasteiger partial charge on any atom is -0.409 e. The zero-order valence-electron chi connectivity index (χ0n) is 12.5. The zero-order chi connectivity index (χ0) is 15.2. The predicted molar refractivity (Wildman–Crippen MR) is 77.5 cm³/mol. The van der Waals surface area contributed by atoms with Crippen LogP contribution < -0.4 is 5.73 Å². The average molecular weight is 285 g/mol. The molecule has 1 amide bonds. The second-order valence-electron chi connectivity index (χ2n) is 5.43. The molecule has 0 aromatic carbocycles. The Kier molecular flexibility index (Phi) is 6.26. The molecule has 0 spiro atoms. The fraction of sp³-hybridized carbons (Fsp3) is 0.857.